The summed E-state index contributed by atoms with van der Waals surface area (Å²) in [6.07, 6.45) is 1.46. The summed E-state index contributed by atoms with van der Waals surface area (Å²) in [5.74, 6) is 0.341. The van der Waals surface area contributed by atoms with Gasteiger partial charge in [-0.15, -0.1) is 0 Å². The first-order valence-electron chi connectivity index (χ1n) is 5.85. The molecule has 1 aromatic rings. The van der Waals surface area contributed by atoms with E-state index in [9.17, 15) is 4.79 Å². The monoisotopic (exact) mass is 260 g/mol. The van der Waals surface area contributed by atoms with Crippen LogP contribution in [0.15, 0.2) is 36.0 Å². The van der Waals surface area contributed by atoms with Crippen molar-refractivity contribution in [3.8, 4) is 11.8 Å². The molecular formula is C14H16N2O3. The summed E-state index contributed by atoms with van der Waals surface area (Å²) in [5.41, 5.74) is 1.12. The molecule has 0 radical (unpaired) electrons. The van der Waals surface area contributed by atoms with Crippen LogP contribution < -0.4 is 10.1 Å². The molecule has 5 heteroatoms. The van der Waals surface area contributed by atoms with E-state index in [1.807, 2.05) is 18.2 Å². The first-order chi connectivity index (χ1) is 9.19. The molecule has 1 N–H and O–H groups in total. The molecule has 0 atom stereocenters. The van der Waals surface area contributed by atoms with Gasteiger partial charge in [-0.1, -0.05) is 0 Å². The number of nitriles is 1. The third-order valence-corrected chi connectivity index (χ3v) is 2.29. The molecule has 1 rings (SSSR count). The summed E-state index contributed by atoms with van der Waals surface area (Å²) in [4.78, 5) is 11.2. The maximum Gasteiger partial charge on any atom is 0.311 e. The van der Waals surface area contributed by atoms with Crippen molar-refractivity contribution in [1.29, 1.82) is 5.26 Å². The Morgan fingerprint density at radius 3 is 2.63 bits per heavy atom. The van der Waals surface area contributed by atoms with E-state index in [2.05, 4.69) is 5.32 Å². The van der Waals surface area contributed by atoms with Crippen LogP contribution in [0.2, 0.25) is 0 Å². The minimum Gasteiger partial charge on any atom is -0.497 e. The Bertz CT molecular complexity index is 486. The van der Waals surface area contributed by atoms with Gasteiger partial charge < -0.3 is 14.8 Å². The molecule has 19 heavy (non-hydrogen) atoms. The van der Waals surface area contributed by atoms with Gasteiger partial charge >= 0.3 is 5.97 Å². The van der Waals surface area contributed by atoms with Crippen LogP contribution in [-0.2, 0) is 9.53 Å². The SMILES string of the molecule is CCOC(=O)C/C(C#N)=C/Nc1ccc(OC)cc1. The van der Waals surface area contributed by atoms with E-state index < -0.39 is 5.97 Å². The normalized spacial score (nSPS) is 10.5. The number of nitrogens with zero attached hydrogens (tertiary/aromatic N) is 1. The van der Waals surface area contributed by atoms with Crippen molar-refractivity contribution in [3.05, 3.63) is 36.0 Å². The Hall–Kier alpha value is -2.48. The van der Waals surface area contributed by atoms with E-state index in [-0.39, 0.29) is 6.42 Å². The fourth-order valence-electron chi connectivity index (χ4n) is 1.35. The Kier molecular flexibility index (Phi) is 5.96. The molecule has 0 saturated heterocycles. The number of carbonyl (C=O) groups excluding carboxylic acids is 1. The third kappa shape index (κ3) is 5.13. The molecule has 0 bridgehead atoms. The second-order valence-corrected chi connectivity index (χ2v) is 3.64. The zero-order chi connectivity index (χ0) is 14.1. The minimum absolute atomic E-state index is 0.0342. The van der Waals surface area contributed by atoms with Crippen LogP contribution in [0.4, 0.5) is 5.69 Å². The van der Waals surface area contributed by atoms with Crippen LogP contribution in [0.1, 0.15) is 13.3 Å². The molecule has 0 unspecified atom stereocenters. The number of hydrogen-bond donors (Lipinski definition) is 1. The lowest BCUT2D eigenvalue weighted by Crippen LogP contribution is -2.05. The second kappa shape index (κ2) is 7.77. The highest BCUT2D eigenvalue weighted by atomic mass is 16.5. The lowest BCUT2D eigenvalue weighted by molar-refractivity contribution is -0.142. The average Bonchev–Trinajstić information content (AvgIpc) is 2.44. The number of anilines is 1. The van der Waals surface area contributed by atoms with E-state index in [0.717, 1.165) is 11.4 Å². The fourth-order valence-corrected chi connectivity index (χ4v) is 1.35. The summed E-state index contributed by atoms with van der Waals surface area (Å²) < 4.78 is 9.82. The molecule has 5 nitrogen and oxygen atoms in total. The second-order valence-electron chi connectivity index (χ2n) is 3.64. The zero-order valence-corrected chi connectivity index (χ0v) is 11.0. The van der Waals surface area contributed by atoms with Gasteiger partial charge in [-0.2, -0.15) is 5.26 Å². The molecule has 100 valence electrons. The van der Waals surface area contributed by atoms with Crippen molar-refractivity contribution in [3.63, 3.8) is 0 Å². The van der Waals surface area contributed by atoms with Crippen molar-refractivity contribution in [2.75, 3.05) is 19.0 Å². The van der Waals surface area contributed by atoms with Gasteiger partial charge in [-0.3, -0.25) is 4.79 Å². The first-order valence-corrected chi connectivity index (χ1v) is 5.85. The van der Waals surface area contributed by atoms with E-state index >= 15 is 0 Å². The van der Waals surface area contributed by atoms with Gasteiger partial charge in [0.05, 0.1) is 31.8 Å². The molecule has 1 aromatic carbocycles. The Labute approximate surface area is 112 Å². The van der Waals surface area contributed by atoms with Crippen molar-refractivity contribution in [2.24, 2.45) is 0 Å². The predicted octanol–water partition coefficient (Wildman–Crippen LogP) is 2.47. The van der Waals surface area contributed by atoms with Crippen LogP contribution in [0.3, 0.4) is 0 Å². The summed E-state index contributed by atoms with van der Waals surface area (Å²) >= 11 is 0. The van der Waals surface area contributed by atoms with E-state index in [4.69, 9.17) is 14.7 Å². The maximum atomic E-state index is 11.2. The van der Waals surface area contributed by atoms with Gasteiger partial charge in [-0.25, -0.2) is 0 Å². The molecule has 0 fully saturated rings. The Morgan fingerprint density at radius 2 is 2.11 bits per heavy atom. The molecular weight excluding hydrogens is 244 g/mol. The van der Waals surface area contributed by atoms with Gasteiger partial charge in [0, 0.05) is 11.9 Å². The maximum absolute atomic E-state index is 11.2. The summed E-state index contributed by atoms with van der Waals surface area (Å²) in [6.45, 7) is 2.03. The van der Waals surface area contributed by atoms with Crippen LogP contribution in [0.5, 0.6) is 5.75 Å². The van der Waals surface area contributed by atoms with Crippen LogP contribution in [0.25, 0.3) is 0 Å². The molecule has 0 heterocycles. The minimum atomic E-state index is -0.410. The number of benzene rings is 1. The van der Waals surface area contributed by atoms with E-state index in [0.29, 0.717) is 12.2 Å². The van der Waals surface area contributed by atoms with Gasteiger partial charge in [0.1, 0.15) is 5.75 Å². The standard InChI is InChI=1S/C14H16N2O3/c1-3-19-14(17)8-11(9-15)10-16-12-4-6-13(18-2)7-5-12/h4-7,10,16H,3,8H2,1-2H3/b11-10-. The zero-order valence-electron chi connectivity index (χ0n) is 11.0. The molecule has 0 aliphatic rings. The molecule has 0 aliphatic carbocycles. The summed E-state index contributed by atoms with van der Waals surface area (Å²) in [7, 11) is 1.59. The number of hydrogen-bond acceptors (Lipinski definition) is 5. The van der Waals surface area contributed by atoms with E-state index in [1.165, 1.54) is 6.20 Å². The quantitative estimate of drug-likeness (QED) is 0.628. The Morgan fingerprint density at radius 1 is 1.42 bits per heavy atom. The van der Waals surface area contributed by atoms with Crippen molar-refractivity contribution >= 4 is 11.7 Å². The van der Waals surface area contributed by atoms with Crippen molar-refractivity contribution < 1.29 is 14.3 Å². The van der Waals surface area contributed by atoms with Crippen LogP contribution >= 0.6 is 0 Å². The van der Waals surface area contributed by atoms with Gasteiger partial charge in [-0.05, 0) is 31.2 Å². The van der Waals surface area contributed by atoms with Gasteiger partial charge in [0.15, 0.2) is 0 Å². The number of carbonyl (C=O) groups is 1. The van der Waals surface area contributed by atoms with Gasteiger partial charge in [0.2, 0.25) is 0 Å². The number of esters is 1. The number of nitrogens with one attached hydrogen (secondary N) is 1. The summed E-state index contributed by atoms with van der Waals surface area (Å²) in [6, 6.07) is 9.18. The lowest BCUT2D eigenvalue weighted by Gasteiger charge is -2.04. The molecule has 0 aromatic heterocycles. The smallest absolute Gasteiger partial charge is 0.311 e. The lowest BCUT2D eigenvalue weighted by atomic mass is 10.2. The third-order valence-electron chi connectivity index (χ3n) is 2.29. The van der Waals surface area contributed by atoms with Crippen LogP contribution in [0, 0.1) is 11.3 Å². The molecule has 0 amide bonds. The highest BCUT2D eigenvalue weighted by Gasteiger charge is 2.05. The van der Waals surface area contributed by atoms with Crippen LogP contribution in [-0.4, -0.2) is 19.7 Å². The molecule has 0 saturated carbocycles. The average molecular weight is 260 g/mol. The highest BCUT2D eigenvalue weighted by molar-refractivity contribution is 5.73. The fraction of sp³-hybridized carbons (Fsp3) is 0.286. The largest absolute Gasteiger partial charge is 0.497 e. The van der Waals surface area contributed by atoms with E-state index in [1.54, 1.807) is 26.2 Å². The number of methoxy groups -OCH3 is 1. The number of ether oxygens (including phenoxy) is 2. The van der Waals surface area contributed by atoms with Gasteiger partial charge in [0.25, 0.3) is 0 Å². The predicted molar refractivity (Wildman–Crippen MR) is 71.6 cm³/mol. The molecule has 0 spiro atoms. The first kappa shape index (κ1) is 14.6. The Balaban J connectivity index is 2.61. The van der Waals surface area contributed by atoms with Crippen molar-refractivity contribution in [1.82, 2.24) is 0 Å². The highest BCUT2D eigenvalue weighted by Crippen LogP contribution is 2.15. The molecule has 0 aliphatic heterocycles. The van der Waals surface area contributed by atoms with Crippen molar-refractivity contribution in [2.45, 2.75) is 13.3 Å². The number of rotatable bonds is 6. The summed E-state index contributed by atoms with van der Waals surface area (Å²) in [5, 5.41) is 11.9. The topological polar surface area (TPSA) is 71.4 Å².